The van der Waals surface area contributed by atoms with Crippen molar-refractivity contribution in [2.75, 3.05) is 0 Å². The quantitative estimate of drug-likeness (QED) is 0.161. The van der Waals surface area contributed by atoms with Crippen LogP contribution in [0.15, 0.2) is 288 Å². The SMILES string of the molecule is c1ccc(-c2c3ccccc3c(-c3ccc4c(c3)oc3ccc5c(-c6ccc(-c7c8ccccc8c(-c8ccc9c(c8)oc8ccc%10ccc%11c%12ccccc%12sc%11c%10c89)c8ccccc78)cc6)cc6sc7ccccc7c6c5c34)c3ccccc23)cc1. The number of hydrogen-bond acceptors (Lipinski definition) is 4. The summed E-state index contributed by atoms with van der Waals surface area (Å²) in [5.41, 5.74) is 15.5. The van der Waals surface area contributed by atoms with Gasteiger partial charge in [0, 0.05) is 72.7 Å². The third-order valence-corrected chi connectivity index (χ3v) is 21.3. The zero-order chi connectivity index (χ0) is 57.3. The Kier molecular flexibility index (Phi) is 10.1. The monoisotopic (exact) mass is 1150 g/mol. The van der Waals surface area contributed by atoms with Gasteiger partial charge in [-0.05, 0) is 170 Å². The Hall–Kier alpha value is -10.9. The van der Waals surface area contributed by atoms with Crippen LogP contribution in [0.2, 0.25) is 0 Å². The van der Waals surface area contributed by atoms with Crippen molar-refractivity contribution in [1.82, 2.24) is 0 Å². The predicted octanol–water partition coefficient (Wildman–Crippen LogP) is 25.5. The van der Waals surface area contributed by atoms with E-state index in [-0.39, 0.29) is 0 Å². The van der Waals surface area contributed by atoms with Gasteiger partial charge in [-0.25, -0.2) is 0 Å². The molecule has 0 saturated heterocycles. The topological polar surface area (TPSA) is 26.3 Å². The van der Waals surface area contributed by atoms with Gasteiger partial charge in [0.05, 0.1) is 0 Å². The van der Waals surface area contributed by atoms with Crippen LogP contribution < -0.4 is 0 Å². The van der Waals surface area contributed by atoms with E-state index >= 15 is 0 Å². The van der Waals surface area contributed by atoms with Crippen molar-refractivity contribution in [2.24, 2.45) is 0 Å². The molecule has 88 heavy (non-hydrogen) atoms. The smallest absolute Gasteiger partial charge is 0.136 e. The maximum atomic E-state index is 7.06. The van der Waals surface area contributed by atoms with Crippen LogP contribution in [0.1, 0.15) is 0 Å². The van der Waals surface area contributed by atoms with Crippen molar-refractivity contribution in [1.29, 1.82) is 0 Å². The normalized spacial score (nSPS) is 12.3. The summed E-state index contributed by atoms with van der Waals surface area (Å²) in [6.07, 6.45) is 0. The summed E-state index contributed by atoms with van der Waals surface area (Å²) in [6.45, 7) is 0. The van der Waals surface area contributed by atoms with Gasteiger partial charge in [0.2, 0.25) is 0 Å². The van der Waals surface area contributed by atoms with Crippen molar-refractivity contribution < 1.29 is 8.83 Å². The second-order valence-corrected chi connectivity index (χ2v) is 25.7. The third-order valence-electron chi connectivity index (χ3n) is 19.0. The molecule has 0 saturated carbocycles. The molecular formula is C84H46O2S2. The highest BCUT2D eigenvalue weighted by Gasteiger charge is 2.24. The van der Waals surface area contributed by atoms with Crippen LogP contribution in [-0.2, 0) is 0 Å². The van der Waals surface area contributed by atoms with Crippen LogP contribution in [0.4, 0.5) is 0 Å². The van der Waals surface area contributed by atoms with Crippen LogP contribution in [0.3, 0.4) is 0 Å². The third kappa shape index (κ3) is 6.81. The van der Waals surface area contributed by atoms with E-state index in [1.807, 2.05) is 22.7 Å². The molecule has 0 atom stereocenters. The Bertz CT molecular complexity index is 6300. The Labute approximate surface area is 511 Å². The molecule has 0 fully saturated rings. The molecule has 4 heterocycles. The van der Waals surface area contributed by atoms with E-state index < -0.39 is 0 Å². The number of thiophene rings is 2. The molecule has 4 heteroatoms. The van der Waals surface area contributed by atoms with E-state index in [1.54, 1.807) is 0 Å². The van der Waals surface area contributed by atoms with Crippen LogP contribution in [0.25, 0.3) is 204 Å². The fourth-order valence-electron chi connectivity index (χ4n) is 15.3. The lowest BCUT2D eigenvalue weighted by Crippen LogP contribution is -1.91. The highest BCUT2D eigenvalue weighted by molar-refractivity contribution is 7.27. The van der Waals surface area contributed by atoms with E-state index in [2.05, 4.69) is 279 Å². The van der Waals surface area contributed by atoms with Crippen LogP contribution in [0.5, 0.6) is 0 Å². The van der Waals surface area contributed by atoms with E-state index in [0.717, 1.165) is 49.6 Å². The van der Waals surface area contributed by atoms with Crippen LogP contribution in [-0.4, -0.2) is 0 Å². The van der Waals surface area contributed by atoms with Gasteiger partial charge in [-0.1, -0.05) is 218 Å². The van der Waals surface area contributed by atoms with Gasteiger partial charge in [-0.2, -0.15) is 0 Å². The van der Waals surface area contributed by atoms with Gasteiger partial charge in [0.15, 0.2) is 0 Å². The molecule has 0 bridgehead atoms. The zero-order valence-corrected chi connectivity index (χ0v) is 48.8. The lowest BCUT2D eigenvalue weighted by atomic mass is 9.85. The molecule has 0 aliphatic rings. The minimum atomic E-state index is 0.880. The van der Waals surface area contributed by atoms with E-state index in [1.165, 1.54) is 155 Å². The molecule has 406 valence electrons. The number of fused-ring (bicyclic) bond motifs is 22. The average Bonchev–Trinajstić information content (AvgIpc) is 1.54. The summed E-state index contributed by atoms with van der Waals surface area (Å²) < 4.78 is 19.1. The molecule has 20 rings (SSSR count). The Morgan fingerprint density at radius 1 is 0.205 bits per heavy atom. The van der Waals surface area contributed by atoms with Crippen LogP contribution in [0, 0.1) is 0 Å². The fraction of sp³-hybridized carbons (Fsp3) is 0. The number of rotatable bonds is 5. The van der Waals surface area contributed by atoms with E-state index in [9.17, 15) is 0 Å². The summed E-state index contributed by atoms with van der Waals surface area (Å²) >= 11 is 3.75. The van der Waals surface area contributed by atoms with Gasteiger partial charge < -0.3 is 8.83 Å². The molecule has 2 nitrogen and oxygen atoms in total. The number of benzene rings is 16. The first-order chi connectivity index (χ1) is 43.6. The molecule has 0 aliphatic heterocycles. The maximum absolute atomic E-state index is 7.06. The average molecular weight is 1150 g/mol. The van der Waals surface area contributed by atoms with E-state index in [4.69, 9.17) is 8.83 Å². The second kappa shape index (κ2) is 18.3. The van der Waals surface area contributed by atoms with Gasteiger partial charge in [-0.3, -0.25) is 0 Å². The van der Waals surface area contributed by atoms with E-state index in [0.29, 0.717) is 0 Å². The molecular weight excluding hydrogens is 1110 g/mol. The number of furan rings is 2. The first-order valence-corrected chi connectivity index (χ1v) is 31.7. The highest BCUT2D eigenvalue weighted by atomic mass is 32.1. The molecule has 0 amide bonds. The molecule has 0 unspecified atom stereocenters. The van der Waals surface area contributed by atoms with Crippen LogP contribution >= 0.6 is 22.7 Å². The lowest BCUT2D eigenvalue weighted by molar-refractivity contribution is 0.669. The van der Waals surface area contributed by atoms with Crippen molar-refractivity contribution in [3.63, 3.8) is 0 Å². The van der Waals surface area contributed by atoms with Crippen molar-refractivity contribution in [3.8, 4) is 55.6 Å². The predicted molar refractivity (Wildman–Crippen MR) is 379 cm³/mol. The van der Waals surface area contributed by atoms with Crippen molar-refractivity contribution >= 4 is 172 Å². The molecule has 16 aromatic carbocycles. The van der Waals surface area contributed by atoms with Crippen molar-refractivity contribution in [2.45, 2.75) is 0 Å². The second-order valence-electron chi connectivity index (χ2n) is 23.6. The molecule has 0 aliphatic carbocycles. The van der Waals surface area contributed by atoms with Gasteiger partial charge in [0.25, 0.3) is 0 Å². The van der Waals surface area contributed by atoms with Gasteiger partial charge >= 0.3 is 0 Å². The lowest BCUT2D eigenvalue weighted by Gasteiger charge is -2.18. The molecule has 0 N–H and O–H groups in total. The molecule has 20 aromatic rings. The van der Waals surface area contributed by atoms with Gasteiger partial charge in [-0.15, -0.1) is 22.7 Å². The van der Waals surface area contributed by atoms with Crippen molar-refractivity contribution in [3.05, 3.63) is 279 Å². The number of hydrogen-bond donors (Lipinski definition) is 0. The Morgan fingerprint density at radius 2 is 0.602 bits per heavy atom. The summed E-state index contributed by atoms with van der Waals surface area (Å²) in [4.78, 5) is 0. The minimum absolute atomic E-state index is 0.880. The molecule has 0 spiro atoms. The Balaban J connectivity index is 0.739. The molecule has 0 radical (unpaired) electrons. The maximum Gasteiger partial charge on any atom is 0.136 e. The Morgan fingerprint density at radius 3 is 1.16 bits per heavy atom. The molecule has 4 aromatic heterocycles. The largest absolute Gasteiger partial charge is 0.456 e. The summed E-state index contributed by atoms with van der Waals surface area (Å²) in [6, 6.07) is 103. The van der Waals surface area contributed by atoms with Gasteiger partial charge in [0.1, 0.15) is 22.3 Å². The fourth-order valence-corrected chi connectivity index (χ4v) is 17.7. The first-order valence-electron chi connectivity index (χ1n) is 30.1. The summed E-state index contributed by atoms with van der Waals surface area (Å²) in [5.74, 6) is 0. The summed E-state index contributed by atoms with van der Waals surface area (Å²) in [7, 11) is 0. The standard InChI is InChI=1S/C84H46O2S2/c1-2-16-48(17-3-1)75-54-19-4-8-23-58(54)77(59-24-9-5-20-55(59)75)52-36-40-65-71(45-52)86-69-43-41-62-67(46-74-82(83(62)81(65)69)66-27-13-15-29-73(66)87-74)47-30-32-49(33-31-47)76-56-21-6-10-25-60(56)78(61-26-11-7-22-57(61)76)51-35-39-64-70(44-51)85-68-42-37-50-34-38-63-53-18-12-14-28-72(53)88-84(63)79(50)80(64)68/h1-46H. The minimum Gasteiger partial charge on any atom is -0.456 e. The summed E-state index contributed by atoms with van der Waals surface area (Å²) in [5, 5.41) is 24.5. The highest BCUT2D eigenvalue weighted by Crippen LogP contribution is 2.52. The zero-order valence-electron chi connectivity index (χ0n) is 47.2. The first kappa shape index (κ1) is 48.4.